The Bertz CT molecular complexity index is 946. The number of nitrogens with zero attached hydrogens (tertiary/aromatic N) is 3. The van der Waals surface area contributed by atoms with E-state index in [0.717, 1.165) is 6.42 Å². The molecule has 0 bridgehead atoms. The number of esters is 1. The number of ether oxygens (including phenoxy) is 1. The molecular weight excluding hydrogens is 430 g/mol. The second-order valence-electron chi connectivity index (χ2n) is 8.48. The van der Waals surface area contributed by atoms with Crippen LogP contribution in [0.4, 0.5) is 0 Å². The van der Waals surface area contributed by atoms with Crippen LogP contribution in [0.15, 0.2) is 6.08 Å². The Balaban J connectivity index is 1.58. The molecule has 30 heavy (non-hydrogen) atoms. The molecule has 2 aliphatic rings. The van der Waals surface area contributed by atoms with Crippen molar-refractivity contribution in [3.05, 3.63) is 22.5 Å². The number of aryl methyl sites for hydroxylation is 1. The molecule has 0 N–H and O–H groups in total. The van der Waals surface area contributed by atoms with Gasteiger partial charge in [-0.05, 0) is 37.7 Å². The van der Waals surface area contributed by atoms with Gasteiger partial charge >= 0.3 is 5.97 Å². The molecule has 3 rings (SSSR count). The van der Waals surface area contributed by atoms with Gasteiger partial charge in [0.05, 0.1) is 23.2 Å². The number of piperidine rings is 1. The van der Waals surface area contributed by atoms with Crippen molar-refractivity contribution < 1.29 is 22.7 Å². The molecule has 0 unspecified atom stereocenters. The van der Waals surface area contributed by atoms with E-state index in [-0.39, 0.29) is 35.2 Å². The van der Waals surface area contributed by atoms with E-state index in [2.05, 4.69) is 18.9 Å². The van der Waals surface area contributed by atoms with Gasteiger partial charge in [-0.2, -0.15) is 5.10 Å². The van der Waals surface area contributed by atoms with Gasteiger partial charge in [0, 0.05) is 24.7 Å². The maximum atomic E-state index is 12.3. The van der Waals surface area contributed by atoms with Crippen LogP contribution in [0.2, 0.25) is 5.15 Å². The fourth-order valence-corrected chi connectivity index (χ4v) is 6.29. The number of likely N-dealkylation sites (tertiary alicyclic amines) is 1. The summed E-state index contributed by atoms with van der Waals surface area (Å²) in [6.45, 7) is 7.02. The normalized spacial score (nSPS) is 26.3. The highest BCUT2D eigenvalue weighted by Crippen LogP contribution is 2.30. The Morgan fingerprint density at radius 1 is 1.27 bits per heavy atom. The molecule has 8 nitrogen and oxygen atoms in total. The number of hydrogen-bond acceptors (Lipinski definition) is 6. The molecule has 0 spiro atoms. The van der Waals surface area contributed by atoms with Crippen molar-refractivity contribution in [1.29, 1.82) is 0 Å². The molecule has 3 heterocycles. The first-order valence-corrected chi connectivity index (χ1v) is 12.3. The Labute approximate surface area is 182 Å². The molecule has 0 radical (unpaired) electrons. The van der Waals surface area contributed by atoms with Crippen molar-refractivity contribution in [3.63, 3.8) is 0 Å². The Kier molecular flexibility index (Phi) is 6.91. The van der Waals surface area contributed by atoms with E-state index in [1.165, 1.54) is 16.8 Å². The summed E-state index contributed by atoms with van der Waals surface area (Å²) in [6.07, 6.45) is 4.25. The molecular formula is C20H28ClN3O5S. The number of rotatable bonds is 5. The molecule has 1 aromatic heterocycles. The quantitative estimate of drug-likeness (QED) is 0.496. The minimum atomic E-state index is -3.07. The first-order valence-electron chi connectivity index (χ1n) is 10.1. The van der Waals surface area contributed by atoms with Crippen LogP contribution < -0.4 is 0 Å². The number of sulfone groups is 1. The van der Waals surface area contributed by atoms with E-state index in [9.17, 15) is 18.0 Å². The summed E-state index contributed by atoms with van der Waals surface area (Å²) in [5, 5.41) is 4.62. The van der Waals surface area contributed by atoms with Crippen LogP contribution in [0, 0.1) is 18.8 Å². The number of halogens is 1. The van der Waals surface area contributed by atoms with Crippen LogP contribution in [0.25, 0.3) is 6.08 Å². The van der Waals surface area contributed by atoms with Gasteiger partial charge in [0.15, 0.2) is 16.4 Å². The van der Waals surface area contributed by atoms with Crippen molar-refractivity contribution in [1.82, 2.24) is 14.7 Å². The maximum Gasteiger partial charge on any atom is 0.331 e. The number of aromatic nitrogens is 2. The van der Waals surface area contributed by atoms with E-state index in [0.29, 0.717) is 42.6 Å². The van der Waals surface area contributed by atoms with E-state index in [4.69, 9.17) is 16.3 Å². The second-order valence-corrected chi connectivity index (χ2v) is 11.1. The predicted molar refractivity (Wildman–Crippen MR) is 114 cm³/mol. The van der Waals surface area contributed by atoms with Crippen molar-refractivity contribution in [2.75, 3.05) is 31.2 Å². The number of carbonyl (C=O) groups is 2. The molecule has 0 saturated carbocycles. The third-order valence-electron chi connectivity index (χ3n) is 5.57. The highest BCUT2D eigenvalue weighted by molar-refractivity contribution is 7.91. The fourth-order valence-electron chi connectivity index (χ4n) is 4.22. The topological polar surface area (TPSA) is 98.6 Å². The van der Waals surface area contributed by atoms with Crippen LogP contribution in [0.5, 0.6) is 0 Å². The largest absolute Gasteiger partial charge is 0.452 e. The molecule has 2 saturated heterocycles. The summed E-state index contributed by atoms with van der Waals surface area (Å²) in [5.41, 5.74) is 1.11. The van der Waals surface area contributed by atoms with Crippen molar-refractivity contribution >= 4 is 39.4 Å². The van der Waals surface area contributed by atoms with Gasteiger partial charge in [0.25, 0.3) is 5.91 Å². The van der Waals surface area contributed by atoms with Crippen LogP contribution in [-0.2, 0) is 24.2 Å². The highest BCUT2D eigenvalue weighted by atomic mass is 35.5. The van der Waals surface area contributed by atoms with Gasteiger partial charge in [-0.25, -0.2) is 17.9 Å². The van der Waals surface area contributed by atoms with Crippen LogP contribution >= 0.6 is 11.6 Å². The molecule has 10 heteroatoms. The van der Waals surface area contributed by atoms with E-state index in [1.54, 1.807) is 11.8 Å². The lowest BCUT2D eigenvalue weighted by Gasteiger charge is -2.34. The Hall–Kier alpha value is -1.87. The summed E-state index contributed by atoms with van der Waals surface area (Å²) in [5.74, 6) is 0.157. The molecule has 2 fully saturated rings. The van der Waals surface area contributed by atoms with Gasteiger partial charge in [-0.3, -0.25) is 4.79 Å². The van der Waals surface area contributed by atoms with Gasteiger partial charge in [-0.15, -0.1) is 0 Å². The molecule has 166 valence electrons. The van der Waals surface area contributed by atoms with Crippen molar-refractivity contribution in [2.45, 2.75) is 39.7 Å². The van der Waals surface area contributed by atoms with Crippen molar-refractivity contribution in [3.8, 4) is 0 Å². The average molecular weight is 458 g/mol. The molecule has 1 aromatic rings. The zero-order chi connectivity index (χ0) is 22.1. The predicted octanol–water partition coefficient (Wildman–Crippen LogP) is 2.27. The third kappa shape index (κ3) is 5.43. The van der Waals surface area contributed by atoms with Gasteiger partial charge in [-0.1, -0.05) is 25.4 Å². The van der Waals surface area contributed by atoms with Gasteiger partial charge in [0.2, 0.25) is 0 Å². The minimum absolute atomic E-state index is 0.00881. The van der Waals surface area contributed by atoms with Gasteiger partial charge in [0.1, 0.15) is 5.15 Å². The maximum absolute atomic E-state index is 12.3. The van der Waals surface area contributed by atoms with Crippen LogP contribution in [0.3, 0.4) is 0 Å². The fraction of sp³-hybridized carbons (Fsp3) is 0.650. The molecule has 2 aliphatic heterocycles. The standard InChI is InChI=1S/C20H28ClN3O5S/c1-13-8-14(2)10-23(9-13)18(25)11-29-19(26)5-4-17-15(3)22-24(20(17)21)16-6-7-30(27,28)12-16/h4-5,13-14,16H,6-12H2,1-3H3/b5-4+/t13-,14+,16-/m0/s1. The molecule has 3 atom stereocenters. The highest BCUT2D eigenvalue weighted by Gasteiger charge is 2.32. The van der Waals surface area contributed by atoms with Crippen LogP contribution in [0.1, 0.15) is 44.0 Å². The zero-order valence-electron chi connectivity index (χ0n) is 17.5. The first-order chi connectivity index (χ1) is 14.1. The average Bonchev–Trinajstić information content (AvgIpc) is 3.15. The van der Waals surface area contributed by atoms with E-state index >= 15 is 0 Å². The zero-order valence-corrected chi connectivity index (χ0v) is 19.1. The lowest BCUT2D eigenvalue weighted by molar-refractivity contribution is -0.149. The Morgan fingerprint density at radius 2 is 1.93 bits per heavy atom. The summed E-state index contributed by atoms with van der Waals surface area (Å²) in [6, 6.07) is -0.303. The number of hydrogen-bond donors (Lipinski definition) is 0. The third-order valence-corrected chi connectivity index (χ3v) is 7.70. The van der Waals surface area contributed by atoms with E-state index < -0.39 is 15.8 Å². The first kappa shape index (κ1) is 22.8. The second kappa shape index (κ2) is 9.09. The number of amides is 1. The lowest BCUT2D eigenvalue weighted by atomic mass is 9.92. The lowest BCUT2D eigenvalue weighted by Crippen LogP contribution is -2.44. The summed E-state index contributed by atoms with van der Waals surface area (Å²) in [4.78, 5) is 26.1. The molecule has 1 amide bonds. The summed E-state index contributed by atoms with van der Waals surface area (Å²) < 4.78 is 30.0. The molecule has 0 aromatic carbocycles. The number of carbonyl (C=O) groups excluding carboxylic acids is 2. The van der Waals surface area contributed by atoms with Gasteiger partial charge < -0.3 is 9.64 Å². The van der Waals surface area contributed by atoms with Crippen molar-refractivity contribution in [2.24, 2.45) is 11.8 Å². The van der Waals surface area contributed by atoms with E-state index in [1.807, 2.05) is 0 Å². The van der Waals surface area contributed by atoms with Crippen LogP contribution in [-0.4, -0.2) is 66.2 Å². The smallest absolute Gasteiger partial charge is 0.331 e. The Morgan fingerprint density at radius 3 is 2.53 bits per heavy atom. The summed E-state index contributed by atoms with van der Waals surface area (Å²) >= 11 is 6.38. The summed E-state index contributed by atoms with van der Waals surface area (Å²) in [7, 11) is -3.07. The SMILES string of the molecule is Cc1nn([C@H]2CCS(=O)(=O)C2)c(Cl)c1/C=C/C(=O)OCC(=O)N1C[C@H](C)C[C@H](C)C1. The molecule has 0 aliphatic carbocycles. The monoisotopic (exact) mass is 457 g/mol. The minimum Gasteiger partial charge on any atom is -0.452 e.